The Morgan fingerprint density at radius 3 is 2.61 bits per heavy atom. The molecule has 1 aromatic rings. The van der Waals surface area contributed by atoms with Crippen LogP contribution in [0.4, 0.5) is 5.69 Å². The van der Waals surface area contributed by atoms with Crippen molar-refractivity contribution in [3.8, 4) is 0 Å². The molecular weight excluding hydrogens is 232 g/mol. The second-order valence-corrected chi connectivity index (χ2v) is 4.46. The zero-order valence-electron chi connectivity index (χ0n) is 10.8. The van der Waals surface area contributed by atoms with Crippen LogP contribution in [-0.2, 0) is 6.54 Å². The number of benzene rings is 1. The normalized spacial score (nSPS) is 11.5. The van der Waals surface area contributed by atoms with E-state index < -0.39 is 10.5 Å². The van der Waals surface area contributed by atoms with Crippen LogP contribution in [0.5, 0.6) is 0 Å². The van der Waals surface area contributed by atoms with Crippen LogP contribution in [0, 0.1) is 10.1 Å². The van der Waals surface area contributed by atoms with Crippen molar-refractivity contribution >= 4 is 5.69 Å². The van der Waals surface area contributed by atoms with Crippen molar-refractivity contribution < 1.29 is 10.0 Å². The number of nitrogens with zero attached hydrogens (tertiary/aromatic N) is 1. The van der Waals surface area contributed by atoms with Crippen LogP contribution in [0.25, 0.3) is 0 Å². The van der Waals surface area contributed by atoms with Crippen LogP contribution in [0.3, 0.4) is 0 Å². The summed E-state index contributed by atoms with van der Waals surface area (Å²) in [4.78, 5) is 10.2. The Bertz CT molecular complexity index is 403. The highest BCUT2D eigenvalue weighted by Gasteiger charge is 2.21. The monoisotopic (exact) mass is 252 g/mol. The second kappa shape index (κ2) is 6.47. The Morgan fingerprint density at radius 1 is 1.39 bits per heavy atom. The molecule has 1 aromatic carbocycles. The van der Waals surface area contributed by atoms with E-state index in [-0.39, 0.29) is 5.69 Å². The van der Waals surface area contributed by atoms with Crippen LogP contribution < -0.4 is 5.32 Å². The van der Waals surface area contributed by atoms with E-state index in [1.54, 1.807) is 12.1 Å². The lowest BCUT2D eigenvalue weighted by molar-refractivity contribution is -0.384. The van der Waals surface area contributed by atoms with Gasteiger partial charge in [-0.1, -0.05) is 26.0 Å². The van der Waals surface area contributed by atoms with E-state index in [0.717, 1.165) is 5.56 Å². The molecule has 0 spiro atoms. The summed E-state index contributed by atoms with van der Waals surface area (Å²) in [6, 6.07) is 6.51. The number of hydrogen-bond donors (Lipinski definition) is 2. The van der Waals surface area contributed by atoms with E-state index in [1.165, 1.54) is 6.07 Å². The minimum Gasteiger partial charge on any atom is -0.389 e. The molecule has 5 nitrogen and oxygen atoms in total. The molecule has 5 heteroatoms. The first-order valence-electron chi connectivity index (χ1n) is 6.17. The van der Waals surface area contributed by atoms with Gasteiger partial charge < -0.3 is 10.4 Å². The first-order chi connectivity index (χ1) is 8.50. The molecule has 2 N–H and O–H groups in total. The summed E-state index contributed by atoms with van der Waals surface area (Å²) in [6.45, 7) is 4.89. The maximum atomic E-state index is 10.6. The van der Waals surface area contributed by atoms with Crippen molar-refractivity contribution in [1.82, 2.24) is 5.32 Å². The minimum atomic E-state index is -0.694. The van der Waals surface area contributed by atoms with Crippen molar-refractivity contribution in [2.45, 2.75) is 38.8 Å². The zero-order valence-corrected chi connectivity index (χ0v) is 10.8. The van der Waals surface area contributed by atoms with Gasteiger partial charge in [-0.15, -0.1) is 0 Å². The van der Waals surface area contributed by atoms with Crippen LogP contribution in [0.1, 0.15) is 32.3 Å². The van der Waals surface area contributed by atoms with E-state index in [4.69, 9.17) is 0 Å². The van der Waals surface area contributed by atoms with E-state index in [1.807, 2.05) is 19.9 Å². The number of nitro groups is 1. The van der Waals surface area contributed by atoms with E-state index in [0.29, 0.717) is 25.9 Å². The third-order valence-electron chi connectivity index (χ3n) is 3.22. The predicted octanol–water partition coefficient (Wildman–Crippen LogP) is 2.24. The smallest absolute Gasteiger partial charge is 0.269 e. The van der Waals surface area contributed by atoms with Gasteiger partial charge in [-0.05, 0) is 18.4 Å². The highest BCUT2D eigenvalue weighted by Crippen LogP contribution is 2.15. The van der Waals surface area contributed by atoms with Gasteiger partial charge >= 0.3 is 0 Å². The molecule has 0 aliphatic rings. The molecule has 0 aliphatic heterocycles. The molecular formula is C13H20N2O3. The molecule has 0 fully saturated rings. The van der Waals surface area contributed by atoms with Crippen LogP contribution in [0.15, 0.2) is 24.3 Å². The molecule has 1 rings (SSSR count). The van der Waals surface area contributed by atoms with Crippen LogP contribution >= 0.6 is 0 Å². The molecule has 0 radical (unpaired) electrons. The van der Waals surface area contributed by atoms with Gasteiger partial charge in [0.15, 0.2) is 0 Å². The van der Waals surface area contributed by atoms with Gasteiger partial charge in [0, 0.05) is 25.2 Å². The van der Waals surface area contributed by atoms with Gasteiger partial charge in [0.1, 0.15) is 0 Å². The molecule has 100 valence electrons. The molecule has 0 saturated heterocycles. The molecule has 0 saturated carbocycles. The summed E-state index contributed by atoms with van der Waals surface area (Å²) in [7, 11) is 0. The molecule has 0 heterocycles. The molecule has 0 unspecified atom stereocenters. The molecule has 0 amide bonds. The molecule has 0 bridgehead atoms. The van der Waals surface area contributed by atoms with E-state index >= 15 is 0 Å². The third kappa shape index (κ3) is 4.09. The number of hydrogen-bond acceptors (Lipinski definition) is 4. The number of aliphatic hydroxyl groups is 1. The predicted molar refractivity (Wildman–Crippen MR) is 70.3 cm³/mol. The summed E-state index contributed by atoms with van der Waals surface area (Å²) >= 11 is 0. The Hall–Kier alpha value is -1.46. The maximum absolute atomic E-state index is 10.6. The minimum absolute atomic E-state index is 0.0931. The largest absolute Gasteiger partial charge is 0.389 e. The Balaban J connectivity index is 2.54. The Morgan fingerprint density at radius 2 is 2.06 bits per heavy atom. The lowest BCUT2D eigenvalue weighted by Gasteiger charge is -2.25. The highest BCUT2D eigenvalue weighted by atomic mass is 16.6. The number of rotatable bonds is 7. The standard InChI is InChI=1S/C13H20N2O3/c1-3-13(16,4-2)10-14-9-11-6-5-7-12(8-11)15(17)18/h5-8,14,16H,3-4,9-10H2,1-2H3. The SMILES string of the molecule is CCC(O)(CC)CNCc1cccc([N+](=O)[O-])c1. The summed E-state index contributed by atoms with van der Waals surface area (Å²) in [6.07, 6.45) is 1.37. The molecule has 18 heavy (non-hydrogen) atoms. The second-order valence-electron chi connectivity index (χ2n) is 4.46. The first kappa shape index (κ1) is 14.6. The summed E-state index contributed by atoms with van der Waals surface area (Å²) in [5, 5.41) is 23.8. The van der Waals surface area contributed by atoms with Crippen molar-refractivity contribution in [3.05, 3.63) is 39.9 Å². The fourth-order valence-corrected chi connectivity index (χ4v) is 1.72. The maximum Gasteiger partial charge on any atom is 0.269 e. The summed E-state index contributed by atoms with van der Waals surface area (Å²) in [5.41, 5.74) is 0.245. The highest BCUT2D eigenvalue weighted by molar-refractivity contribution is 5.34. The topological polar surface area (TPSA) is 75.4 Å². The van der Waals surface area contributed by atoms with E-state index in [9.17, 15) is 15.2 Å². The van der Waals surface area contributed by atoms with Gasteiger partial charge in [-0.25, -0.2) is 0 Å². The number of non-ortho nitro benzene ring substituents is 1. The van der Waals surface area contributed by atoms with Gasteiger partial charge in [-0.3, -0.25) is 10.1 Å². The molecule has 0 atom stereocenters. The Labute approximate surface area is 107 Å². The summed E-state index contributed by atoms with van der Waals surface area (Å²) < 4.78 is 0. The van der Waals surface area contributed by atoms with Crippen molar-refractivity contribution in [1.29, 1.82) is 0 Å². The summed E-state index contributed by atoms with van der Waals surface area (Å²) in [5.74, 6) is 0. The van der Waals surface area contributed by atoms with Gasteiger partial charge in [-0.2, -0.15) is 0 Å². The van der Waals surface area contributed by atoms with Crippen LogP contribution in [-0.4, -0.2) is 22.2 Å². The fraction of sp³-hybridized carbons (Fsp3) is 0.538. The van der Waals surface area contributed by atoms with E-state index in [2.05, 4.69) is 5.32 Å². The number of nitro benzene ring substituents is 1. The Kier molecular flexibility index (Phi) is 5.25. The number of nitrogens with one attached hydrogen (secondary N) is 1. The molecule has 0 aliphatic carbocycles. The van der Waals surface area contributed by atoms with Crippen molar-refractivity contribution in [2.75, 3.05) is 6.54 Å². The lowest BCUT2D eigenvalue weighted by Crippen LogP contribution is -2.39. The average molecular weight is 252 g/mol. The first-order valence-corrected chi connectivity index (χ1v) is 6.17. The van der Waals surface area contributed by atoms with Gasteiger partial charge in [0.05, 0.1) is 10.5 Å². The van der Waals surface area contributed by atoms with Crippen molar-refractivity contribution in [3.63, 3.8) is 0 Å². The third-order valence-corrected chi connectivity index (χ3v) is 3.22. The van der Waals surface area contributed by atoms with Gasteiger partial charge in [0.2, 0.25) is 0 Å². The molecule has 0 aromatic heterocycles. The lowest BCUT2D eigenvalue weighted by atomic mass is 9.97. The van der Waals surface area contributed by atoms with Crippen LogP contribution in [0.2, 0.25) is 0 Å². The zero-order chi connectivity index (χ0) is 13.6. The fourth-order valence-electron chi connectivity index (χ4n) is 1.72. The van der Waals surface area contributed by atoms with Crippen molar-refractivity contribution in [2.24, 2.45) is 0 Å². The van der Waals surface area contributed by atoms with Gasteiger partial charge in [0.25, 0.3) is 5.69 Å². The quantitative estimate of drug-likeness (QED) is 0.576. The average Bonchev–Trinajstić information content (AvgIpc) is 2.39.